The lowest BCUT2D eigenvalue weighted by molar-refractivity contribution is -0.125. The summed E-state index contributed by atoms with van der Waals surface area (Å²) in [5.74, 6) is -0.824. The largest absolute Gasteiger partial charge is 0.452 e. The molecule has 1 aromatic rings. The first-order valence-electron chi connectivity index (χ1n) is 8.62. The molecule has 0 atom stereocenters. The normalized spacial score (nSPS) is 19.0. The van der Waals surface area contributed by atoms with E-state index in [9.17, 15) is 14.9 Å². The number of carbonyl (C=O) groups excluding carboxylic acids is 2. The smallest absolute Gasteiger partial charge is 0.339 e. The predicted molar refractivity (Wildman–Crippen MR) is 90.8 cm³/mol. The van der Waals surface area contributed by atoms with Gasteiger partial charge in [-0.2, -0.15) is 5.26 Å². The Labute approximate surface area is 146 Å². The molecule has 2 aliphatic carbocycles. The van der Waals surface area contributed by atoms with Crippen molar-refractivity contribution in [1.82, 2.24) is 5.32 Å². The molecule has 0 saturated heterocycles. The summed E-state index contributed by atoms with van der Waals surface area (Å²) >= 11 is 1.60. The van der Waals surface area contributed by atoms with Gasteiger partial charge in [-0.05, 0) is 44.1 Å². The number of esters is 1. The highest BCUT2D eigenvalue weighted by Gasteiger charge is 2.33. The predicted octanol–water partition coefficient (Wildman–Crippen LogP) is 3.13. The maximum Gasteiger partial charge on any atom is 0.339 e. The molecule has 2 aliphatic rings. The summed E-state index contributed by atoms with van der Waals surface area (Å²) < 4.78 is 5.19. The van der Waals surface area contributed by atoms with Gasteiger partial charge < -0.3 is 10.1 Å². The molecule has 1 amide bonds. The molecule has 0 aromatic carbocycles. The van der Waals surface area contributed by atoms with Crippen molar-refractivity contribution >= 4 is 23.2 Å². The monoisotopic (exact) mass is 346 g/mol. The average molecular weight is 346 g/mol. The summed E-state index contributed by atoms with van der Waals surface area (Å²) in [6.07, 6.45) is 8.50. The van der Waals surface area contributed by atoms with Crippen LogP contribution in [0.15, 0.2) is 5.38 Å². The zero-order chi connectivity index (χ0) is 17.0. The Morgan fingerprint density at radius 1 is 1.21 bits per heavy atom. The first-order valence-corrected chi connectivity index (χ1v) is 9.50. The van der Waals surface area contributed by atoms with Gasteiger partial charge in [0.1, 0.15) is 5.54 Å². The molecule has 0 aliphatic heterocycles. The van der Waals surface area contributed by atoms with Crippen LogP contribution in [0.2, 0.25) is 0 Å². The van der Waals surface area contributed by atoms with Crippen molar-refractivity contribution in [2.45, 2.75) is 63.3 Å². The number of hydrogen-bond donors (Lipinski definition) is 1. The number of hydrogen-bond acceptors (Lipinski definition) is 5. The van der Waals surface area contributed by atoms with Crippen LogP contribution in [-0.2, 0) is 22.4 Å². The first-order chi connectivity index (χ1) is 11.6. The quantitative estimate of drug-likeness (QED) is 0.850. The summed E-state index contributed by atoms with van der Waals surface area (Å²) in [6, 6.07) is 2.23. The number of amides is 1. The van der Waals surface area contributed by atoms with Gasteiger partial charge in [-0.1, -0.05) is 19.3 Å². The number of thiophene rings is 1. The Kier molecular flexibility index (Phi) is 5.20. The van der Waals surface area contributed by atoms with Crippen molar-refractivity contribution in [1.29, 1.82) is 5.26 Å². The van der Waals surface area contributed by atoms with Gasteiger partial charge in [-0.25, -0.2) is 4.79 Å². The van der Waals surface area contributed by atoms with Gasteiger partial charge in [-0.15, -0.1) is 11.3 Å². The molecule has 24 heavy (non-hydrogen) atoms. The Bertz CT molecular complexity index is 668. The molecule has 0 bridgehead atoms. The molecule has 0 radical (unpaired) electrons. The van der Waals surface area contributed by atoms with E-state index in [0.717, 1.165) is 44.1 Å². The van der Waals surface area contributed by atoms with E-state index in [4.69, 9.17) is 4.74 Å². The third-order valence-corrected chi connectivity index (χ3v) is 6.00. The van der Waals surface area contributed by atoms with Gasteiger partial charge in [0.15, 0.2) is 6.61 Å². The molecule has 3 rings (SSSR count). The van der Waals surface area contributed by atoms with Gasteiger partial charge in [0, 0.05) is 10.3 Å². The van der Waals surface area contributed by atoms with E-state index in [1.54, 1.807) is 11.3 Å². The summed E-state index contributed by atoms with van der Waals surface area (Å²) in [5, 5.41) is 14.0. The van der Waals surface area contributed by atoms with Crippen LogP contribution in [-0.4, -0.2) is 24.0 Å². The molecule has 1 heterocycles. The van der Waals surface area contributed by atoms with Crippen LogP contribution in [0.1, 0.15) is 65.7 Å². The molecule has 128 valence electrons. The summed E-state index contributed by atoms with van der Waals surface area (Å²) in [5.41, 5.74) is 0.913. The third-order valence-electron chi connectivity index (χ3n) is 4.92. The van der Waals surface area contributed by atoms with Crippen LogP contribution in [0.3, 0.4) is 0 Å². The lowest BCUT2D eigenvalue weighted by atomic mass is 9.83. The van der Waals surface area contributed by atoms with E-state index in [-0.39, 0.29) is 6.61 Å². The molecule has 1 N–H and O–H groups in total. The Balaban J connectivity index is 1.55. The van der Waals surface area contributed by atoms with Crippen LogP contribution < -0.4 is 5.32 Å². The second kappa shape index (κ2) is 7.35. The van der Waals surface area contributed by atoms with Crippen LogP contribution in [0.5, 0.6) is 0 Å². The lowest BCUT2D eigenvalue weighted by Crippen LogP contribution is -2.50. The Morgan fingerprint density at radius 2 is 1.96 bits per heavy atom. The molecule has 1 aromatic heterocycles. The van der Waals surface area contributed by atoms with E-state index in [0.29, 0.717) is 18.4 Å². The van der Waals surface area contributed by atoms with Crippen molar-refractivity contribution in [2.24, 2.45) is 0 Å². The van der Waals surface area contributed by atoms with Gasteiger partial charge in [-0.3, -0.25) is 4.79 Å². The fourth-order valence-corrected chi connectivity index (χ4v) is 4.71. The number of rotatable bonds is 4. The highest BCUT2D eigenvalue weighted by atomic mass is 32.1. The molecule has 6 heteroatoms. The van der Waals surface area contributed by atoms with Gasteiger partial charge >= 0.3 is 5.97 Å². The van der Waals surface area contributed by atoms with Crippen molar-refractivity contribution in [2.75, 3.05) is 6.61 Å². The number of ether oxygens (including phenoxy) is 1. The Hall–Kier alpha value is -1.87. The third kappa shape index (κ3) is 3.62. The maximum atomic E-state index is 12.3. The highest BCUT2D eigenvalue weighted by Crippen LogP contribution is 2.31. The summed E-state index contributed by atoms with van der Waals surface area (Å²) in [6.45, 7) is -0.327. The zero-order valence-electron chi connectivity index (χ0n) is 13.7. The van der Waals surface area contributed by atoms with E-state index in [2.05, 4.69) is 11.4 Å². The number of aryl methyl sites for hydroxylation is 1. The van der Waals surface area contributed by atoms with Crippen LogP contribution in [0.4, 0.5) is 0 Å². The lowest BCUT2D eigenvalue weighted by Gasteiger charge is -2.31. The zero-order valence-corrected chi connectivity index (χ0v) is 14.5. The molecule has 5 nitrogen and oxygen atoms in total. The average Bonchev–Trinajstić information content (AvgIpc) is 3.04. The molecular weight excluding hydrogens is 324 g/mol. The Morgan fingerprint density at radius 3 is 2.71 bits per heavy atom. The topological polar surface area (TPSA) is 79.2 Å². The molecule has 0 spiro atoms. The van der Waals surface area contributed by atoms with Crippen LogP contribution >= 0.6 is 11.3 Å². The van der Waals surface area contributed by atoms with E-state index >= 15 is 0 Å². The minimum absolute atomic E-state index is 0.327. The minimum atomic E-state index is -0.788. The minimum Gasteiger partial charge on any atom is -0.452 e. The summed E-state index contributed by atoms with van der Waals surface area (Å²) in [7, 11) is 0. The second-order valence-electron chi connectivity index (χ2n) is 6.64. The van der Waals surface area contributed by atoms with E-state index in [1.165, 1.54) is 11.3 Å². The SMILES string of the molecule is N#CC1(NC(=O)COC(=O)c2csc3c2CCCC3)CCCCC1. The molecule has 1 saturated carbocycles. The number of carbonyl (C=O) groups is 2. The van der Waals surface area contributed by atoms with Crippen molar-refractivity contribution in [3.05, 3.63) is 21.4 Å². The van der Waals surface area contributed by atoms with Gasteiger partial charge in [0.2, 0.25) is 0 Å². The van der Waals surface area contributed by atoms with Crippen LogP contribution in [0, 0.1) is 11.3 Å². The van der Waals surface area contributed by atoms with Crippen LogP contribution in [0.25, 0.3) is 0 Å². The van der Waals surface area contributed by atoms with Gasteiger partial charge in [0.05, 0.1) is 11.6 Å². The van der Waals surface area contributed by atoms with E-state index in [1.807, 2.05) is 5.38 Å². The van der Waals surface area contributed by atoms with Crippen molar-refractivity contribution < 1.29 is 14.3 Å². The fraction of sp³-hybridized carbons (Fsp3) is 0.611. The molecule has 1 fully saturated rings. The number of nitrogens with zero attached hydrogens (tertiary/aromatic N) is 1. The van der Waals surface area contributed by atoms with E-state index < -0.39 is 17.4 Å². The number of nitrogens with one attached hydrogen (secondary N) is 1. The first kappa shape index (κ1) is 17.0. The second-order valence-corrected chi connectivity index (χ2v) is 7.60. The molecule has 0 unspecified atom stereocenters. The fourth-order valence-electron chi connectivity index (χ4n) is 3.60. The molecular formula is C18H22N2O3S. The number of fused-ring (bicyclic) bond motifs is 1. The highest BCUT2D eigenvalue weighted by molar-refractivity contribution is 7.10. The van der Waals surface area contributed by atoms with Crippen molar-refractivity contribution in [3.8, 4) is 6.07 Å². The summed E-state index contributed by atoms with van der Waals surface area (Å²) in [4.78, 5) is 25.6. The maximum absolute atomic E-state index is 12.3. The number of nitriles is 1. The standard InChI is InChI=1S/C18H22N2O3S/c19-12-18(8-4-1-5-9-18)20-16(21)10-23-17(22)14-11-24-15-7-3-2-6-13(14)15/h11H,1-10H2,(H,20,21). The van der Waals surface area contributed by atoms with Crippen molar-refractivity contribution in [3.63, 3.8) is 0 Å². The van der Waals surface area contributed by atoms with Gasteiger partial charge in [0.25, 0.3) is 5.91 Å².